The van der Waals surface area contributed by atoms with E-state index in [1.165, 1.54) is 12.8 Å². The highest BCUT2D eigenvalue weighted by Gasteiger charge is 2.00. The molecule has 0 saturated carbocycles. The Bertz CT molecular complexity index is 214. The Morgan fingerprint density at radius 2 is 2.00 bits per heavy atom. The lowest BCUT2D eigenvalue weighted by Gasteiger charge is -1.96. The van der Waals surface area contributed by atoms with Crippen molar-refractivity contribution in [3.63, 3.8) is 0 Å². The van der Waals surface area contributed by atoms with Crippen molar-refractivity contribution in [3.8, 4) is 0 Å². The van der Waals surface area contributed by atoms with E-state index in [9.17, 15) is 4.79 Å². The van der Waals surface area contributed by atoms with Gasteiger partial charge in [0.15, 0.2) is 0 Å². The van der Waals surface area contributed by atoms with Crippen LogP contribution < -0.4 is 0 Å². The van der Waals surface area contributed by atoms with Crippen molar-refractivity contribution in [3.05, 3.63) is 23.8 Å². The van der Waals surface area contributed by atoms with Gasteiger partial charge in [0.05, 0.1) is 5.57 Å². The number of aliphatic carboxylic acids is 1. The average Bonchev–Trinajstić information content (AvgIpc) is 2.16. The van der Waals surface area contributed by atoms with Gasteiger partial charge in [-0.25, -0.2) is 4.79 Å². The highest BCUT2D eigenvalue weighted by Crippen LogP contribution is 2.05. The molecule has 2 nitrogen and oxygen atoms in total. The van der Waals surface area contributed by atoms with Gasteiger partial charge in [-0.2, -0.15) is 0 Å². The fourth-order valence-electron chi connectivity index (χ4n) is 1.12. The van der Waals surface area contributed by atoms with E-state index in [1.54, 1.807) is 6.08 Å². The van der Waals surface area contributed by atoms with Gasteiger partial charge >= 0.3 is 5.97 Å². The van der Waals surface area contributed by atoms with Gasteiger partial charge < -0.3 is 5.11 Å². The predicted molar refractivity (Wildman–Crippen MR) is 59.3 cm³/mol. The van der Waals surface area contributed by atoms with Crippen LogP contribution in [0.15, 0.2) is 23.8 Å². The lowest BCUT2D eigenvalue weighted by molar-refractivity contribution is -0.132. The minimum absolute atomic E-state index is 0.419. The number of hydrogen-bond acceptors (Lipinski definition) is 1. The van der Waals surface area contributed by atoms with Crippen molar-refractivity contribution in [1.29, 1.82) is 0 Å². The molecule has 0 aromatic heterocycles. The first kappa shape index (κ1) is 12.9. The summed E-state index contributed by atoms with van der Waals surface area (Å²) in [7, 11) is 0. The van der Waals surface area contributed by atoms with E-state index < -0.39 is 5.97 Å². The molecule has 0 aromatic rings. The van der Waals surface area contributed by atoms with Crippen molar-refractivity contribution in [1.82, 2.24) is 0 Å². The van der Waals surface area contributed by atoms with Crippen molar-refractivity contribution >= 4 is 5.97 Å². The zero-order valence-electron chi connectivity index (χ0n) is 9.12. The maximum atomic E-state index is 10.7. The summed E-state index contributed by atoms with van der Waals surface area (Å²) < 4.78 is 0. The average molecular weight is 196 g/mol. The summed E-state index contributed by atoms with van der Waals surface area (Å²) in [6.07, 6.45) is 10.5. The number of allylic oxidation sites excluding steroid dienone is 2. The van der Waals surface area contributed by atoms with Gasteiger partial charge in [-0.15, -0.1) is 0 Å². The number of carboxylic acids is 1. The smallest absolute Gasteiger partial charge is 0.335 e. The quantitative estimate of drug-likeness (QED) is 0.384. The molecule has 0 spiro atoms. The highest BCUT2D eigenvalue weighted by molar-refractivity contribution is 5.89. The largest absolute Gasteiger partial charge is 0.478 e. The first-order chi connectivity index (χ1) is 6.72. The minimum Gasteiger partial charge on any atom is -0.478 e. The fraction of sp³-hybridized carbons (Fsp3) is 0.583. The molecule has 0 amide bonds. The summed E-state index contributed by atoms with van der Waals surface area (Å²) in [6, 6.07) is 0. The number of carbonyl (C=O) groups is 1. The molecule has 14 heavy (non-hydrogen) atoms. The van der Waals surface area contributed by atoms with Crippen LogP contribution in [0.3, 0.4) is 0 Å². The summed E-state index contributed by atoms with van der Waals surface area (Å²) in [5.74, 6) is -0.828. The Morgan fingerprint density at radius 1 is 1.29 bits per heavy atom. The summed E-state index contributed by atoms with van der Waals surface area (Å²) >= 11 is 0. The second-order valence-electron chi connectivity index (χ2n) is 3.27. The molecule has 0 heterocycles. The molecule has 0 rings (SSSR count). The third kappa shape index (κ3) is 6.46. The predicted octanol–water partition coefficient (Wildman–Crippen LogP) is 3.54. The SMILES string of the molecule is CCC=CC(=CCCCCC)C(=O)O. The van der Waals surface area contributed by atoms with Crippen LogP contribution in [-0.4, -0.2) is 11.1 Å². The van der Waals surface area contributed by atoms with Crippen molar-refractivity contribution in [2.75, 3.05) is 0 Å². The maximum Gasteiger partial charge on any atom is 0.335 e. The third-order valence-corrected chi connectivity index (χ3v) is 1.95. The molecule has 0 bridgehead atoms. The number of rotatable bonds is 7. The van der Waals surface area contributed by atoms with E-state index in [4.69, 9.17) is 5.11 Å². The van der Waals surface area contributed by atoms with Gasteiger partial charge in [0.25, 0.3) is 0 Å². The lowest BCUT2D eigenvalue weighted by Crippen LogP contribution is -1.97. The van der Waals surface area contributed by atoms with Gasteiger partial charge in [-0.3, -0.25) is 0 Å². The zero-order chi connectivity index (χ0) is 10.8. The molecule has 0 saturated heterocycles. The maximum absolute atomic E-state index is 10.7. The van der Waals surface area contributed by atoms with Crippen LogP contribution in [0.5, 0.6) is 0 Å². The molecule has 0 radical (unpaired) electrons. The Labute approximate surface area is 86.3 Å². The van der Waals surface area contributed by atoms with Crippen LogP contribution in [-0.2, 0) is 4.79 Å². The van der Waals surface area contributed by atoms with Crippen LogP contribution in [0.25, 0.3) is 0 Å². The van der Waals surface area contributed by atoms with Gasteiger partial charge in [-0.05, 0) is 19.3 Å². The zero-order valence-corrected chi connectivity index (χ0v) is 9.12. The molecule has 80 valence electrons. The second-order valence-corrected chi connectivity index (χ2v) is 3.27. The van der Waals surface area contributed by atoms with Crippen LogP contribution in [0.2, 0.25) is 0 Å². The van der Waals surface area contributed by atoms with Crippen LogP contribution in [0, 0.1) is 0 Å². The molecule has 2 heteroatoms. The molecule has 0 fully saturated rings. The summed E-state index contributed by atoms with van der Waals surface area (Å²) in [5, 5.41) is 8.84. The lowest BCUT2D eigenvalue weighted by atomic mass is 10.1. The van der Waals surface area contributed by atoms with E-state index in [1.807, 2.05) is 19.1 Å². The Balaban J connectivity index is 4.06. The van der Waals surface area contributed by atoms with Crippen molar-refractivity contribution in [2.45, 2.75) is 46.0 Å². The number of unbranched alkanes of at least 4 members (excludes halogenated alkanes) is 3. The van der Waals surface area contributed by atoms with E-state index in [0.29, 0.717) is 5.57 Å². The van der Waals surface area contributed by atoms with Gasteiger partial charge in [0, 0.05) is 0 Å². The van der Waals surface area contributed by atoms with Crippen LogP contribution in [0.1, 0.15) is 46.0 Å². The van der Waals surface area contributed by atoms with Gasteiger partial charge in [-0.1, -0.05) is 44.9 Å². The fourth-order valence-corrected chi connectivity index (χ4v) is 1.12. The molecular weight excluding hydrogens is 176 g/mol. The number of hydrogen-bond donors (Lipinski definition) is 1. The molecule has 0 unspecified atom stereocenters. The Kier molecular flexibility index (Phi) is 7.90. The monoisotopic (exact) mass is 196 g/mol. The summed E-state index contributed by atoms with van der Waals surface area (Å²) in [5.41, 5.74) is 0.419. The molecule has 0 atom stereocenters. The van der Waals surface area contributed by atoms with Crippen LogP contribution >= 0.6 is 0 Å². The Hall–Kier alpha value is -1.05. The van der Waals surface area contributed by atoms with Crippen molar-refractivity contribution < 1.29 is 9.90 Å². The molecule has 0 aliphatic carbocycles. The number of carboxylic acid groups (broad SMARTS) is 1. The van der Waals surface area contributed by atoms with Crippen LogP contribution in [0.4, 0.5) is 0 Å². The highest BCUT2D eigenvalue weighted by atomic mass is 16.4. The summed E-state index contributed by atoms with van der Waals surface area (Å²) in [4.78, 5) is 10.7. The minimum atomic E-state index is -0.828. The van der Waals surface area contributed by atoms with E-state index in [2.05, 4.69) is 6.92 Å². The second kappa shape index (κ2) is 8.54. The molecule has 1 N–H and O–H groups in total. The molecule has 0 aliphatic heterocycles. The van der Waals surface area contributed by atoms with Gasteiger partial charge in [0.2, 0.25) is 0 Å². The molecular formula is C12H20O2. The van der Waals surface area contributed by atoms with Crippen molar-refractivity contribution in [2.24, 2.45) is 0 Å². The van der Waals surface area contributed by atoms with E-state index in [-0.39, 0.29) is 0 Å². The third-order valence-electron chi connectivity index (χ3n) is 1.95. The summed E-state index contributed by atoms with van der Waals surface area (Å²) in [6.45, 7) is 4.13. The normalized spacial score (nSPS) is 12.3. The van der Waals surface area contributed by atoms with Gasteiger partial charge in [0.1, 0.15) is 0 Å². The molecule has 0 aliphatic rings. The van der Waals surface area contributed by atoms with E-state index >= 15 is 0 Å². The van der Waals surface area contributed by atoms with E-state index in [0.717, 1.165) is 19.3 Å². The molecule has 0 aromatic carbocycles. The topological polar surface area (TPSA) is 37.3 Å². The first-order valence-corrected chi connectivity index (χ1v) is 5.32. The first-order valence-electron chi connectivity index (χ1n) is 5.32. The Morgan fingerprint density at radius 3 is 2.50 bits per heavy atom. The standard InChI is InChI=1S/C12H20O2/c1-3-5-7-8-10-11(12(13)14)9-6-4-2/h6,9-10H,3-5,7-8H2,1-2H3,(H,13,14).